The number of aryl methyl sites for hydroxylation is 1. The van der Waals surface area contributed by atoms with Gasteiger partial charge in [0.2, 0.25) is 0 Å². The third kappa shape index (κ3) is 2.14. The molecule has 4 aliphatic carbocycles. The summed E-state index contributed by atoms with van der Waals surface area (Å²) < 4.78 is 13.7. The molecule has 5 rings (SSSR count). The average Bonchev–Trinajstić information content (AvgIpc) is 2.40. The Morgan fingerprint density at radius 3 is 2.19 bits per heavy atom. The van der Waals surface area contributed by atoms with Gasteiger partial charge in [0.1, 0.15) is 5.82 Å². The number of hydrogen-bond acceptors (Lipinski definition) is 1. The number of halogens is 2. The van der Waals surface area contributed by atoms with Crippen molar-refractivity contribution in [2.75, 3.05) is 0 Å². The molecule has 1 aromatic rings. The molecule has 0 aromatic heterocycles. The van der Waals surface area contributed by atoms with Crippen molar-refractivity contribution in [3.8, 4) is 0 Å². The van der Waals surface area contributed by atoms with Crippen LogP contribution in [0.1, 0.15) is 55.7 Å². The maximum atomic E-state index is 13.7. The fraction of sp³-hybridized carbons (Fsp3) is 0.667. The third-order valence-electron chi connectivity index (χ3n) is 6.36. The lowest BCUT2D eigenvalue weighted by Crippen LogP contribution is -2.50. The fourth-order valence-corrected chi connectivity index (χ4v) is 6.07. The molecule has 1 aromatic carbocycles. The first-order valence-corrected chi connectivity index (χ1v) is 8.56. The van der Waals surface area contributed by atoms with E-state index in [1.54, 1.807) is 6.92 Å². The molecular formula is C18H23ClFN. The van der Waals surface area contributed by atoms with E-state index in [4.69, 9.17) is 17.3 Å². The van der Waals surface area contributed by atoms with E-state index in [0.717, 1.165) is 23.3 Å². The summed E-state index contributed by atoms with van der Waals surface area (Å²) >= 11 is 6.32. The normalized spacial score (nSPS) is 38.8. The second-order valence-corrected chi connectivity index (χ2v) is 8.29. The summed E-state index contributed by atoms with van der Waals surface area (Å²) in [6.07, 6.45) is 7.94. The highest BCUT2D eigenvalue weighted by Gasteiger charge is 2.53. The van der Waals surface area contributed by atoms with Gasteiger partial charge in [-0.25, -0.2) is 4.39 Å². The summed E-state index contributed by atoms with van der Waals surface area (Å²) in [7, 11) is 0. The monoisotopic (exact) mass is 307 g/mol. The Bertz CT molecular complexity index is 548. The SMILES string of the molecule is Cc1cc(C(N)C23CC4CC(CC(C4)C2)C3)c(Cl)cc1F. The standard InChI is InChI=1S/C18H23ClFN/c1-10-2-14(15(19)6-16(10)20)17(21)18-7-11-3-12(8-18)5-13(4-11)9-18/h2,6,11-13,17H,3-5,7-9,21H2,1H3. The van der Waals surface area contributed by atoms with Crippen LogP contribution >= 0.6 is 11.6 Å². The number of hydrogen-bond donors (Lipinski definition) is 1. The molecule has 0 saturated heterocycles. The van der Waals surface area contributed by atoms with Crippen LogP contribution in [0, 0.1) is 35.9 Å². The van der Waals surface area contributed by atoms with E-state index in [1.165, 1.54) is 44.6 Å². The summed E-state index contributed by atoms with van der Waals surface area (Å²) in [5, 5.41) is 0.501. The number of nitrogens with two attached hydrogens (primary N) is 1. The molecule has 4 aliphatic rings. The van der Waals surface area contributed by atoms with Gasteiger partial charge >= 0.3 is 0 Å². The first kappa shape index (κ1) is 14.0. The van der Waals surface area contributed by atoms with Crippen molar-refractivity contribution in [2.45, 2.75) is 51.5 Å². The molecule has 2 N–H and O–H groups in total. The Kier molecular flexibility index (Phi) is 3.14. The van der Waals surface area contributed by atoms with Crippen molar-refractivity contribution < 1.29 is 4.39 Å². The van der Waals surface area contributed by atoms with Crippen LogP contribution in [0.4, 0.5) is 4.39 Å². The maximum Gasteiger partial charge on any atom is 0.127 e. The van der Waals surface area contributed by atoms with Crippen LogP contribution in [-0.4, -0.2) is 0 Å². The van der Waals surface area contributed by atoms with Crippen LogP contribution < -0.4 is 5.73 Å². The second-order valence-electron chi connectivity index (χ2n) is 7.88. The Balaban J connectivity index is 1.71. The van der Waals surface area contributed by atoms with E-state index < -0.39 is 0 Å². The lowest BCUT2D eigenvalue weighted by molar-refractivity contribution is -0.0677. The highest BCUT2D eigenvalue weighted by Crippen LogP contribution is 2.63. The zero-order valence-corrected chi connectivity index (χ0v) is 13.3. The predicted octanol–water partition coefficient (Wildman–Crippen LogP) is 5.00. The zero-order valence-electron chi connectivity index (χ0n) is 12.5. The van der Waals surface area contributed by atoms with Crippen molar-refractivity contribution in [3.05, 3.63) is 34.1 Å². The van der Waals surface area contributed by atoms with Gasteiger partial charge in [-0.15, -0.1) is 0 Å². The van der Waals surface area contributed by atoms with Crippen molar-refractivity contribution in [1.82, 2.24) is 0 Å². The minimum atomic E-state index is -0.235. The summed E-state index contributed by atoms with van der Waals surface area (Å²) in [5.74, 6) is 2.36. The smallest absolute Gasteiger partial charge is 0.127 e. The van der Waals surface area contributed by atoms with Crippen LogP contribution in [0.2, 0.25) is 5.02 Å². The van der Waals surface area contributed by atoms with Gasteiger partial charge in [0.25, 0.3) is 0 Å². The lowest BCUT2D eigenvalue weighted by Gasteiger charge is -2.59. The maximum absolute atomic E-state index is 13.7. The van der Waals surface area contributed by atoms with Gasteiger partial charge in [0.05, 0.1) is 0 Å². The zero-order chi connectivity index (χ0) is 14.8. The average molecular weight is 308 g/mol. The van der Waals surface area contributed by atoms with Gasteiger partial charge in [-0.1, -0.05) is 17.7 Å². The van der Waals surface area contributed by atoms with E-state index in [-0.39, 0.29) is 17.3 Å². The molecule has 114 valence electrons. The van der Waals surface area contributed by atoms with Gasteiger partial charge in [-0.05, 0) is 85.8 Å². The molecular weight excluding hydrogens is 285 g/mol. The van der Waals surface area contributed by atoms with Crippen LogP contribution in [-0.2, 0) is 0 Å². The quantitative estimate of drug-likeness (QED) is 0.817. The molecule has 4 fully saturated rings. The summed E-state index contributed by atoms with van der Waals surface area (Å²) in [4.78, 5) is 0. The Morgan fingerprint density at radius 1 is 1.14 bits per heavy atom. The number of benzene rings is 1. The largest absolute Gasteiger partial charge is 0.323 e. The Hall–Kier alpha value is -0.600. The molecule has 0 amide bonds. The molecule has 4 bridgehead atoms. The molecule has 1 atom stereocenters. The first-order chi connectivity index (χ1) is 9.97. The van der Waals surface area contributed by atoms with Crippen molar-refractivity contribution >= 4 is 11.6 Å². The van der Waals surface area contributed by atoms with E-state index in [9.17, 15) is 4.39 Å². The van der Waals surface area contributed by atoms with Gasteiger partial charge in [-0.2, -0.15) is 0 Å². The molecule has 0 radical (unpaired) electrons. The molecule has 1 unspecified atom stereocenters. The van der Waals surface area contributed by atoms with Crippen LogP contribution in [0.15, 0.2) is 12.1 Å². The molecule has 4 saturated carbocycles. The first-order valence-electron chi connectivity index (χ1n) is 8.18. The van der Waals surface area contributed by atoms with Gasteiger partial charge in [0.15, 0.2) is 0 Å². The predicted molar refractivity (Wildman–Crippen MR) is 83.7 cm³/mol. The summed E-state index contributed by atoms with van der Waals surface area (Å²) in [6.45, 7) is 1.79. The minimum Gasteiger partial charge on any atom is -0.323 e. The Morgan fingerprint density at radius 2 is 1.67 bits per heavy atom. The molecule has 3 heteroatoms. The van der Waals surface area contributed by atoms with E-state index >= 15 is 0 Å². The van der Waals surface area contributed by atoms with E-state index in [1.807, 2.05) is 6.07 Å². The highest BCUT2D eigenvalue weighted by atomic mass is 35.5. The van der Waals surface area contributed by atoms with Gasteiger partial charge in [-0.3, -0.25) is 0 Å². The van der Waals surface area contributed by atoms with Crippen LogP contribution in [0.5, 0.6) is 0 Å². The lowest BCUT2D eigenvalue weighted by atomic mass is 9.47. The van der Waals surface area contributed by atoms with E-state index in [0.29, 0.717) is 10.6 Å². The fourth-order valence-electron chi connectivity index (χ4n) is 5.81. The second kappa shape index (κ2) is 4.70. The Labute approximate surface area is 131 Å². The third-order valence-corrected chi connectivity index (χ3v) is 6.69. The molecule has 0 spiro atoms. The highest BCUT2D eigenvalue weighted by molar-refractivity contribution is 6.31. The molecule has 1 nitrogen and oxygen atoms in total. The van der Waals surface area contributed by atoms with Crippen molar-refractivity contribution in [2.24, 2.45) is 28.9 Å². The minimum absolute atomic E-state index is 0.0438. The van der Waals surface area contributed by atoms with Crippen LogP contribution in [0.25, 0.3) is 0 Å². The topological polar surface area (TPSA) is 26.0 Å². The molecule has 0 aliphatic heterocycles. The number of rotatable bonds is 2. The summed E-state index contributed by atoms with van der Waals surface area (Å²) in [5.41, 5.74) is 8.52. The molecule has 21 heavy (non-hydrogen) atoms. The summed E-state index contributed by atoms with van der Waals surface area (Å²) in [6, 6.07) is 3.27. The van der Waals surface area contributed by atoms with Gasteiger partial charge in [0, 0.05) is 11.1 Å². The van der Waals surface area contributed by atoms with Crippen LogP contribution in [0.3, 0.4) is 0 Å². The molecule has 0 heterocycles. The van der Waals surface area contributed by atoms with Gasteiger partial charge < -0.3 is 5.73 Å². The van der Waals surface area contributed by atoms with Crippen molar-refractivity contribution in [1.29, 1.82) is 0 Å². The van der Waals surface area contributed by atoms with E-state index in [2.05, 4.69) is 0 Å². The van der Waals surface area contributed by atoms with Crippen molar-refractivity contribution in [3.63, 3.8) is 0 Å².